The summed E-state index contributed by atoms with van der Waals surface area (Å²) in [4.78, 5) is 1.53. The molecule has 1 aromatic carbocycles. The van der Waals surface area contributed by atoms with Crippen LogP contribution in [0.15, 0.2) is 24.3 Å². The molecule has 1 aliphatic rings. The molecule has 1 aliphatic carbocycles. The summed E-state index contributed by atoms with van der Waals surface area (Å²) in [6, 6.07) is 6.80. The molecule has 0 heterocycles. The molecule has 0 aliphatic heterocycles. The maximum Gasteiger partial charge on any atom is 0.293 e. The van der Waals surface area contributed by atoms with Gasteiger partial charge in [-0.2, -0.15) is 0 Å². The normalized spacial score (nSPS) is 31.6. The average Bonchev–Trinajstić information content (AvgIpc) is 2.47. The molecule has 0 aromatic heterocycles. The number of phenols is 1. The van der Waals surface area contributed by atoms with Crippen LogP contribution in [0, 0.1) is 5.92 Å². The fraction of sp³-hybridized carbons (Fsp3) is 0.600. The Morgan fingerprint density at radius 3 is 3.06 bits per heavy atom. The highest BCUT2D eigenvalue weighted by atomic mass is 16.3. The van der Waals surface area contributed by atoms with E-state index >= 15 is 0 Å². The molecule has 1 aromatic rings. The van der Waals surface area contributed by atoms with Crippen molar-refractivity contribution in [1.82, 2.24) is 4.90 Å². The smallest absolute Gasteiger partial charge is 0.293 e. The molecular weight excluding hydrogens is 226 g/mol. The molecule has 2 N–H and O–H groups in total. The van der Waals surface area contributed by atoms with Gasteiger partial charge in [0.25, 0.3) is 1.43 Å². The van der Waals surface area contributed by atoms with Crippen molar-refractivity contribution in [3.8, 4) is 5.75 Å². The minimum atomic E-state index is -1.60. The Balaban J connectivity index is 2.44. The second-order valence-electron chi connectivity index (χ2n) is 5.27. The quantitative estimate of drug-likeness (QED) is 0.864. The number of phenolic OH excluding ortho intramolecular Hbond substituents is 1. The van der Waals surface area contributed by atoms with Crippen molar-refractivity contribution >= 4 is 0 Å². The molecule has 0 unspecified atom stereocenters. The van der Waals surface area contributed by atoms with E-state index in [0.29, 0.717) is 24.2 Å². The summed E-state index contributed by atoms with van der Waals surface area (Å²) in [5, 5.41) is 15.7. The Labute approximate surface area is 113 Å². The average molecular weight is 252 g/mol. The highest BCUT2D eigenvalue weighted by Crippen LogP contribution is 2.42. The zero-order chi connectivity index (χ0) is 15.7. The highest BCUT2D eigenvalue weighted by molar-refractivity contribution is 5.32. The predicted molar refractivity (Wildman–Crippen MR) is 72.5 cm³/mol. The minimum absolute atomic E-state index is 0.357. The first-order valence-electron chi connectivity index (χ1n) is 7.86. The van der Waals surface area contributed by atoms with E-state index in [9.17, 15) is 5.11 Å². The molecule has 2 rings (SSSR count). The van der Waals surface area contributed by atoms with Gasteiger partial charge in [-0.25, -0.2) is 0 Å². The van der Waals surface area contributed by atoms with Crippen molar-refractivity contribution in [2.45, 2.75) is 31.3 Å². The lowest BCUT2D eigenvalue weighted by molar-refractivity contribution is -0.0619. The molecule has 0 spiro atoms. The van der Waals surface area contributed by atoms with Crippen molar-refractivity contribution in [3.63, 3.8) is 0 Å². The van der Waals surface area contributed by atoms with Crippen molar-refractivity contribution in [3.05, 3.63) is 29.8 Å². The first kappa shape index (κ1) is 9.82. The van der Waals surface area contributed by atoms with Crippen LogP contribution in [0.2, 0.25) is 0 Å². The van der Waals surface area contributed by atoms with Crippen LogP contribution in [-0.4, -0.2) is 37.1 Å². The van der Waals surface area contributed by atoms with E-state index in [2.05, 4.69) is 5.11 Å². The van der Waals surface area contributed by atoms with E-state index in [1.54, 1.807) is 38.4 Å². The molecule has 0 radical (unpaired) electrons. The fourth-order valence-corrected chi connectivity index (χ4v) is 2.75. The number of aliphatic hydroxyl groups is 1. The van der Waals surface area contributed by atoms with Crippen LogP contribution in [0.4, 0.5) is 0 Å². The largest absolute Gasteiger partial charge is 0.508 e. The van der Waals surface area contributed by atoms with Crippen LogP contribution in [-0.2, 0) is 5.60 Å². The molecule has 18 heavy (non-hydrogen) atoms. The number of hydrogen-bond acceptors (Lipinski definition) is 3. The van der Waals surface area contributed by atoms with Gasteiger partial charge in [0.15, 0.2) is 0 Å². The van der Waals surface area contributed by atoms with Gasteiger partial charge in [0.05, 0.1) is 5.60 Å². The topological polar surface area (TPSA) is 43.7 Å². The molecule has 0 amide bonds. The van der Waals surface area contributed by atoms with E-state index in [-0.39, 0.29) is 0 Å². The zero-order valence-electron chi connectivity index (χ0n) is 14.0. The van der Waals surface area contributed by atoms with Gasteiger partial charge in [0.2, 0.25) is 0 Å². The summed E-state index contributed by atoms with van der Waals surface area (Å²) in [5.74, 6) is -0.162. The zero-order valence-corrected chi connectivity index (χ0v) is 11.0. The van der Waals surface area contributed by atoms with Crippen molar-refractivity contribution in [1.29, 1.82) is 1.43 Å². The number of aromatic hydroxyl groups is 1. The second-order valence-corrected chi connectivity index (χ2v) is 5.27. The molecular formula is C15H23NO2. The lowest BCUT2D eigenvalue weighted by Crippen LogP contribution is -2.43. The monoisotopic (exact) mass is 252 g/mol. The Morgan fingerprint density at radius 1 is 1.50 bits per heavy atom. The van der Waals surface area contributed by atoms with Crippen LogP contribution < -0.4 is 0 Å². The first-order valence-corrected chi connectivity index (χ1v) is 6.46. The van der Waals surface area contributed by atoms with Crippen LogP contribution in [0.5, 0.6) is 5.75 Å². The van der Waals surface area contributed by atoms with Gasteiger partial charge in [0, 0.05) is 15.2 Å². The summed E-state index contributed by atoms with van der Waals surface area (Å²) < 4.78 is 23.7. The number of benzene rings is 1. The van der Waals surface area contributed by atoms with Gasteiger partial charge in [-0.05, 0) is 44.6 Å². The van der Waals surface area contributed by atoms with E-state index in [0.717, 1.165) is 12.8 Å². The summed E-state index contributed by atoms with van der Waals surface area (Å²) in [6.07, 6.45) is 2.93. The van der Waals surface area contributed by atoms with Gasteiger partial charge < -0.3 is 15.1 Å². The van der Waals surface area contributed by atoms with Gasteiger partial charge in [0.1, 0.15) is 5.75 Å². The van der Waals surface area contributed by atoms with Crippen molar-refractivity contribution in [2.24, 2.45) is 5.92 Å². The summed E-state index contributed by atoms with van der Waals surface area (Å²) in [5.41, 5.74) is -0.608. The van der Waals surface area contributed by atoms with Crippen LogP contribution in [0.1, 0.15) is 34.0 Å². The number of nitrogens with zero attached hydrogens (tertiary/aromatic N) is 1. The van der Waals surface area contributed by atoms with E-state index in [4.69, 9.17) is 4.17 Å². The minimum Gasteiger partial charge on any atom is -0.508 e. The molecule has 1 fully saturated rings. The lowest BCUT2D eigenvalue weighted by atomic mass is 9.71. The third-order valence-corrected chi connectivity index (χ3v) is 3.63. The van der Waals surface area contributed by atoms with Crippen LogP contribution >= 0.6 is 0 Å². The number of hydrogen-bond donors (Lipinski definition) is 2. The van der Waals surface area contributed by atoms with Crippen molar-refractivity contribution in [2.75, 3.05) is 20.6 Å². The summed E-state index contributed by atoms with van der Waals surface area (Å²) in [6.45, 7) is -1.60. The summed E-state index contributed by atoms with van der Waals surface area (Å²) in [7, 11) is 3.39. The Hall–Kier alpha value is -1.06. The van der Waals surface area contributed by atoms with E-state index in [1.807, 2.05) is 0 Å². The molecule has 3 nitrogen and oxygen atoms in total. The summed E-state index contributed by atoms with van der Waals surface area (Å²) >= 11 is 0. The third kappa shape index (κ3) is 2.68. The standard InChI is InChI=1S/C15H23NO2/c1-16(2)11-13-6-3-4-9-15(13,18)12-7-5-8-14(17)10-12/h5,7-8,10,13,17-18H,3-4,6,9,11H2,1-2H3/t13-,15+/m0/s1/i11D2/hD. The van der Waals surface area contributed by atoms with Crippen LogP contribution in [0.25, 0.3) is 0 Å². The molecule has 3 heteroatoms. The van der Waals surface area contributed by atoms with Crippen LogP contribution in [0.3, 0.4) is 0 Å². The van der Waals surface area contributed by atoms with Crippen molar-refractivity contribution < 1.29 is 13.0 Å². The highest BCUT2D eigenvalue weighted by Gasteiger charge is 2.40. The van der Waals surface area contributed by atoms with Gasteiger partial charge in [-0.3, -0.25) is 0 Å². The second kappa shape index (κ2) is 5.29. The maximum atomic E-state index is 11.2. The molecule has 100 valence electrons. The SMILES string of the molecule is [2H]Oc1cccc([C@]2(O)CCCC[C@H]2C([2H])([2H])N(C)C)c1. The Bertz CT molecular complexity index is 496. The van der Waals surface area contributed by atoms with E-state index in [1.165, 1.54) is 4.90 Å². The molecule has 1 saturated carbocycles. The molecule has 0 saturated heterocycles. The molecule has 2 atom stereocenters. The Kier molecular flexibility index (Phi) is 2.88. The van der Waals surface area contributed by atoms with Gasteiger partial charge in [-0.1, -0.05) is 25.0 Å². The third-order valence-electron chi connectivity index (χ3n) is 3.63. The first-order chi connectivity index (χ1) is 9.82. The molecule has 0 bridgehead atoms. The van der Waals surface area contributed by atoms with Gasteiger partial charge in [-0.15, -0.1) is 0 Å². The fourth-order valence-electron chi connectivity index (χ4n) is 2.75. The number of rotatable bonds is 4. The van der Waals surface area contributed by atoms with E-state index < -0.39 is 18.0 Å². The lowest BCUT2D eigenvalue weighted by Gasteiger charge is -2.41. The maximum absolute atomic E-state index is 11.2. The van der Waals surface area contributed by atoms with Gasteiger partial charge >= 0.3 is 0 Å². The predicted octanol–water partition coefficient (Wildman–Crippen LogP) is 2.33. The Morgan fingerprint density at radius 2 is 2.33 bits per heavy atom.